The van der Waals surface area contributed by atoms with Crippen LogP contribution in [0.5, 0.6) is 0 Å². The topological polar surface area (TPSA) is 87.4 Å². The van der Waals surface area contributed by atoms with E-state index >= 15 is 0 Å². The van der Waals surface area contributed by atoms with Gasteiger partial charge in [-0.1, -0.05) is 13.8 Å². The Kier molecular flexibility index (Phi) is 5.98. The molecule has 6 heteroatoms. The van der Waals surface area contributed by atoms with Gasteiger partial charge in [0.2, 0.25) is 5.91 Å². The molecule has 0 aromatic carbocycles. The average molecular weight is 269 g/mol. The van der Waals surface area contributed by atoms with Gasteiger partial charge in [0.25, 0.3) is 0 Å². The van der Waals surface area contributed by atoms with Crippen LogP contribution in [0.2, 0.25) is 0 Å². The summed E-state index contributed by atoms with van der Waals surface area (Å²) >= 11 is 0. The summed E-state index contributed by atoms with van der Waals surface area (Å²) in [5, 5.41) is 26.5. The van der Waals surface area contributed by atoms with Gasteiger partial charge in [-0.05, 0) is 12.3 Å². The number of aliphatic hydroxyl groups excluding tert-OH is 2. The average Bonchev–Trinajstić information content (AvgIpc) is 2.74. The lowest BCUT2D eigenvalue weighted by Crippen LogP contribution is -2.27. The van der Waals surface area contributed by atoms with Gasteiger partial charge in [-0.15, -0.1) is 0 Å². The van der Waals surface area contributed by atoms with Gasteiger partial charge < -0.3 is 15.5 Å². The maximum atomic E-state index is 10.7. The molecule has 1 amide bonds. The van der Waals surface area contributed by atoms with Gasteiger partial charge in [0.05, 0.1) is 12.3 Å². The Balaban J connectivity index is 2.49. The largest absolute Gasteiger partial charge is 0.390 e. The maximum absolute atomic E-state index is 10.7. The van der Waals surface area contributed by atoms with E-state index in [1.54, 1.807) is 17.1 Å². The molecule has 2 atom stereocenters. The highest BCUT2D eigenvalue weighted by molar-refractivity contribution is 5.72. The first-order valence-corrected chi connectivity index (χ1v) is 6.53. The summed E-state index contributed by atoms with van der Waals surface area (Å²) in [4.78, 5) is 10.7. The van der Waals surface area contributed by atoms with E-state index in [9.17, 15) is 15.0 Å². The van der Waals surface area contributed by atoms with E-state index in [1.165, 1.54) is 6.92 Å². The van der Waals surface area contributed by atoms with Crippen LogP contribution in [0.4, 0.5) is 0 Å². The number of nitrogens with zero attached hydrogens (tertiary/aromatic N) is 2. The second-order valence-corrected chi connectivity index (χ2v) is 5.17. The minimum atomic E-state index is -0.977. The van der Waals surface area contributed by atoms with Crippen molar-refractivity contribution in [3.63, 3.8) is 0 Å². The van der Waals surface area contributed by atoms with Crippen LogP contribution in [0, 0.1) is 5.92 Å². The first-order valence-electron chi connectivity index (χ1n) is 6.53. The van der Waals surface area contributed by atoms with Crippen molar-refractivity contribution in [1.82, 2.24) is 15.1 Å². The Morgan fingerprint density at radius 2 is 2.16 bits per heavy atom. The SMILES string of the molecule is CC(=O)NCCC(O)C(O)c1cnn(CC(C)C)c1. The zero-order valence-corrected chi connectivity index (χ0v) is 11.7. The van der Waals surface area contributed by atoms with Gasteiger partial charge in [0, 0.05) is 31.8 Å². The molecule has 0 radical (unpaired) electrons. The summed E-state index contributed by atoms with van der Waals surface area (Å²) in [5.74, 6) is 0.320. The Bertz CT molecular complexity index is 404. The van der Waals surface area contributed by atoms with Crippen LogP contribution in [-0.4, -0.2) is 38.5 Å². The molecule has 0 saturated carbocycles. The molecule has 1 aromatic heterocycles. The third kappa shape index (κ3) is 5.40. The molecule has 1 aromatic rings. The molecule has 108 valence electrons. The molecule has 3 N–H and O–H groups in total. The van der Waals surface area contributed by atoms with Crippen molar-refractivity contribution in [3.8, 4) is 0 Å². The van der Waals surface area contributed by atoms with E-state index in [1.807, 2.05) is 0 Å². The van der Waals surface area contributed by atoms with Crippen molar-refractivity contribution in [2.24, 2.45) is 5.92 Å². The van der Waals surface area contributed by atoms with Crippen molar-refractivity contribution < 1.29 is 15.0 Å². The summed E-state index contributed by atoms with van der Waals surface area (Å²) < 4.78 is 1.75. The van der Waals surface area contributed by atoms with Crippen LogP contribution < -0.4 is 5.32 Å². The van der Waals surface area contributed by atoms with Gasteiger partial charge in [0.1, 0.15) is 6.10 Å². The normalized spacial score (nSPS) is 14.4. The van der Waals surface area contributed by atoms with Crippen LogP contribution in [-0.2, 0) is 11.3 Å². The second-order valence-electron chi connectivity index (χ2n) is 5.17. The smallest absolute Gasteiger partial charge is 0.216 e. The van der Waals surface area contributed by atoms with Crippen molar-refractivity contribution in [3.05, 3.63) is 18.0 Å². The fraction of sp³-hybridized carbons (Fsp3) is 0.692. The monoisotopic (exact) mass is 269 g/mol. The quantitative estimate of drug-likeness (QED) is 0.671. The Hall–Kier alpha value is -1.40. The van der Waals surface area contributed by atoms with Crippen LogP contribution >= 0.6 is 0 Å². The van der Waals surface area contributed by atoms with Gasteiger partial charge >= 0.3 is 0 Å². The molecule has 0 fully saturated rings. The highest BCUT2D eigenvalue weighted by Gasteiger charge is 2.19. The molecule has 0 aliphatic heterocycles. The van der Waals surface area contributed by atoms with Gasteiger partial charge in [0.15, 0.2) is 0 Å². The maximum Gasteiger partial charge on any atom is 0.216 e. The lowest BCUT2D eigenvalue weighted by Gasteiger charge is -2.16. The van der Waals surface area contributed by atoms with Gasteiger partial charge in [-0.2, -0.15) is 5.10 Å². The number of hydrogen-bond donors (Lipinski definition) is 3. The first-order chi connectivity index (χ1) is 8.90. The highest BCUT2D eigenvalue weighted by atomic mass is 16.3. The van der Waals surface area contributed by atoms with E-state index in [4.69, 9.17) is 0 Å². The molecule has 6 nitrogen and oxygen atoms in total. The number of rotatable bonds is 7. The first kappa shape index (κ1) is 15.7. The predicted molar refractivity (Wildman–Crippen MR) is 71.3 cm³/mol. The van der Waals surface area contributed by atoms with Gasteiger partial charge in [-0.25, -0.2) is 0 Å². The number of amides is 1. The fourth-order valence-electron chi connectivity index (χ4n) is 1.78. The molecule has 1 rings (SSSR count). The minimum absolute atomic E-state index is 0.147. The molecule has 1 heterocycles. The number of aromatic nitrogens is 2. The van der Waals surface area contributed by atoms with E-state index in [2.05, 4.69) is 24.3 Å². The van der Waals surface area contributed by atoms with E-state index < -0.39 is 12.2 Å². The molecule has 0 aliphatic rings. The minimum Gasteiger partial charge on any atom is -0.390 e. The lowest BCUT2D eigenvalue weighted by molar-refractivity contribution is -0.119. The Morgan fingerprint density at radius 3 is 2.74 bits per heavy atom. The molecule has 2 unspecified atom stereocenters. The predicted octanol–water partition coefficient (Wildman–Crippen LogP) is 0.460. The van der Waals surface area contributed by atoms with Crippen molar-refractivity contribution in [1.29, 1.82) is 0 Å². The summed E-state index contributed by atoms with van der Waals surface area (Å²) in [6, 6.07) is 0. The molecular formula is C13H23N3O3. The Morgan fingerprint density at radius 1 is 1.47 bits per heavy atom. The molecular weight excluding hydrogens is 246 g/mol. The van der Waals surface area contributed by atoms with E-state index in [0.29, 0.717) is 24.4 Å². The van der Waals surface area contributed by atoms with Crippen LogP contribution in [0.15, 0.2) is 12.4 Å². The van der Waals surface area contributed by atoms with Crippen molar-refractivity contribution in [2.75, 3.05) is 6.54 Å². The number of carbonyl (C=O) groups is 1. The molecule has 0 aliphatic carbocycles. The fourth-order valence-corrected chi connectivity index (χ4v) is 1.78. The summed E-state index contributed by atoms with van der Waals surface area (Å²) in [5.41, 5.74) is 0.593. The third-order valence-electron chi connectivity index (χ3n) is 2.73. The molecule has 0 saturated heterocycles. The zero-order valence-electron chi connectivity index (χ0n) is 11.7. The lowest BCUT2D eigenvalue weighted by atomic mass is 10.1. The number of hydrogen-bond acceptors (Lipinski definition) is 4. The van der Waals surface area contributed by atoms with E-state index in [0.717, 1.165) is 6.54 Å². The van der Waals surface area contributed by atoms with Crippen LogP contribution in [0.3, 0.4) is 0 Å². The number of carbonyl (C=O) groups excluding carboxylic acids is 1. The second kappa shape index (κ2) is 7.25. The van der Waals surface area contributed by atoms with Gasteiger partial charge in [-0.3, -0.25) is 9.48 Å². The van der Waals surface area contributed by atoms with Crippen molar-refractivity contribution in [2.45, 2.75) is 45.9 Å². The van der Waals surface area contributed by atoms with E-state index in [-0.39, 0.29) is 5.91 Å². The summed E-state index contributed by atoms with van der Waals surface area (Å²) in [6.07, 6.45) is 1.72. The third-order valence-corrected chi connectivity index (χ3v) is 2.73. The molecule has 0 bridgehead atoms. The zero-order chi connectivity index (χ0) is 14.4. The van der Waals surface area contributed by atoms with Crippen molar-refractivity contribution >= 4 is 5.91 Å². The molecule has 19 heavy (non-hydrogen) atoms. The summed E-state index contributed by atoms with van der Waals surface area (Å²) in [7, 11) is 0. The Labute approximate surface area is 113 Å². The standard InChI is InChI=1S/C13H23N3O3/c1-9(2)7-16-8-11(6-15-16)13(19)12(18)4-5-14-10(3)17/h6,8-9,12-13,18-19H,4-5,7H2,1-3H3,(H,14,17). The van der Waals surface area contributed by atoms with Crippen LogP contribution in [0.1, 0.15) is 38.9 Å². The highest BCUT2D eigenvalue weighted by Crippen LogP contribution is 2.18. The number of aliphatic hydroxyl groups is 2. The summed E-state index contributed by atoms with van der Waals surface area (Å²) in [6.45, 7) is 6.70. The molecule has 0 spiro atoms. The van der Waals surface area contributed by atoms with Crippen LogP contribution in [0.25, 0.3) is 0 Å². The number of nitrogens with one attached hydrogen (secondary N) is 1.